The average Bonchev–Trinajstić information content (AvgIpc) is 2.19. The monoisotopic (exact) mass is 209 g/mol. The Morgan fingerprint density at radius 3 is 2.53 bits per heavy atom. The molecule has 1 unspecified atom stereocenters. The number of benzene rings is 1. The molecule has 1 aromatic rings. The van der Waals surface area contributed by atoms with E-state index in [0.29, 0.717) is 5.56 Å². The number of ketones is 1. The molecule has 0 heterocycles. The molecule has 0 bridgehead atoms. The van der Waals surface area contributed by atoms with E-state index in [4.69, 9.17) is 5.73 Å². The first-order valence-electron chi connectivity index (χ1n) is 4.99. The lowest BCUT2D eigenvalue weighted by Crippen LogP contribution is -2.35. The van der Waals surface area contributed by atoms with Gasteiger partial charge >= 0.3 is 0 Å². The molecular weight excluding hydrogens is 193 g/mol. The molecule has 0 aliphatic carbocycles. The molecule has 0 fully saturated rings. The second kappa shape index (κ2) is 4.53. The van der Waals surface area contributed by atoms with Crippen molar-refractivity contribution >= 4 is 5.78 Å². The van der Waals surface area contributed by atoms with Crippen molar-refractivity contribution in [1.29, 1.82) is 0 Å². The van der Waals surface area contributed by atoms with Crippen LogP contribution in [0.2, 0.25) is 0 Å². The van der Waals surface area contributed by atoms with E-state index in [1.807, 2.05) is 13.8 Å². The van der Waals surface area contributed by atoms with Crippen molar-refractivity contribution in [3.63, 3.8) is 0 Å². The second-order valence-corrected chi connectivity index (χ2v) is 4.09. The summed E-state index contributed by atoms with van der Waals surface area (Å²) in [6.45, 7) is 5.52. The highest BCUT2D eigenvalue weighted by Gasteiger charge is 2.20. The first-order valence-corrected chi connectivity index (χ1v) is 4.99. The smallest absolute Gasteiger partial charge is 0.180 e. The van der Waals surface area contributed by atoms with E-state index in [1.165, 1.54) is 12.1 Å². The number of Topliss-reactive ketones (excluding diaryl/α,β-unsaturated/α-hetero) is 1. The third-order valence-electron chi connectivity index (χ3n) is 2.49. The molecule has 0 aliphatic heterocycles. The number of aryl methyl sites for hydroxylation is 1. The summed E-state index contributed by atoms with van der Waals surface area (Å²) in [5.41, 5.74) is 6.89. The van der Waals surface area contributed by atoms with Crippen LogP contribution in [-0.4, -0.2) is 11.8 Å². The fourth-order valence-electron chi connectivity index (χ4n) is 1.34. The van der Waals surface area contributed by atoms with Gasteiger partial charge in [0.1, 0.15) is 5.82 Å². The predicted molar refractivity (Wildman–Crippen MR) is 58.3 cm³/mol. The van der Waals surface area contributed by atoms with Crippen LogP contribution in [0.1, 0.15) is 29.8 Å². The molecule has 0 spiro atoms. The van der Waals surface area contributed by atoms with Crippen LogP contribution in [0.4, 0.5) is 4.39 Å². The van der Waals surface area contributed by atoms with Crippen LogP contribution in [0.5, 0.6) is 0 Å². The van der Waals surface area contributed by atoms with Gasteiger partial charge in [-0.2, -0.15) is 0 Å². The lowest BCUT2D eigenvalue weighted by molar-refractivity contribution is 0.0939. The van der Waals surface area contributed by atoms with Crippen molar-refractivity contribution in [2.45, 2.75) is 26.8 Å². The molecule has 82 valence electrons. The first kappa shape index (κ1) is 11.9. The zero-order valence-corrected chi connectivity index (χ0v) is 9.25. The van der Waals surface area contributed by atoms with Crippen molar-refractivity contribution < 1.29 is 9.18 Å². The van der Waals surface area contributed by atoms with Gasteiger partial charge in [-0.05, 0) is 30.5 Å². The highest BCUT2D eigenvalue weighted by atomic mass is 19.1. The van der Waals surface area contributed by atoms with E-state index in [1.54, 1.807) is 13.0 Å². The lowest BCUT2D eigenvalue weighted by Gasteiger charge is -2.15. The van der Waals surface area contributed by atoms with Gasteiger partial charge in [-0.3, -0.25) is 4.79 Å². The molecule has 2 N–H and O–H groups in total. The Morgan fingerprint density at radius 2 is 2.00 bits per heavy atom. The molecule has 1 atom stereocenters. The minimum absolute atomic E-state index is 0.0557. The van der Waals surface area contributed by atoms with Crippen molar-refractivity contribution in [3.8, 4) is 0 Å². The predicted octanol–water partition coefficient (Wildman–Crippen LogP) is 2.30. The summed E-state index contributed by atoms with van der Waals surface area (Å²) in [7, 11) is 0. The van der Waals surface area contributed by atoms with Crippen LogP contribution in [0, 0.1) is 18.7 Å². The number of carbonyl (C=O) groups is 1. The fourth-order valence-corrected chi connectivity index (χ4v) is 1.34. The van der Waals surface area contributed by atoms with Gasteiger partial charge in [0.2, 0.25) is 0 Å². The Balaban J connectivity index is 3.05. The van der Waals surface area contributed by atoms with E-state index in [0.717, 1.165) is 5.56 Å². The van der Waals surface area contributed by atoms with Gasteiger partial charge in [0.25, 0.3) is 0 Å². The highest BCUT2D eigenvalue weighted by molar-refractivity contribution is 6.01. The largest absolute Gasteiger partial charge is 0.321 e. The summed E-state index contributed by atoms with van der Waals surface area (Å²) < 4.78 is 13.0. The molecule has 0 amide bonds. The number of hydrogen-bond donors (Lipinski definition) is 1. The van der Waals surface area contributed by atoms with Gasteiger partial charge in [0.15, 0.2) is 5.78 Å². The van der Waals surface area contributed by atoms with Crippen LogP contribution in [-0.2, 0) is 0 Å². The summed E-state index contributed by atoms with van der Waals surface area (Å²) in [5, 5.41) is 0. The molecule has 0 saturated carbocycles. The topological polar surface area (TPSA) is 43.1 Å². The Kier molecular flexibility index (Phi) is 3.58. The first-order chi connectivity index (χ1) is 6.93. The van der Waals surface area contributed by atoms with Crippen LogP contribution in [0.3, 0.4) is 0 Å². The van der Waals surface area contributed by atoms with E-state index >= 15 is 0 Å². The summed E-state index contributed by atoms with van der Waals surface area (Å²) in [5.74, 6) is -0.540. The van der Waals surface area contributed by atoms with Crippen molar-refractivity contribution in [2.75, 3.05) is 0 Å². The van der Waals surface area contributed by atoms with Crippen LogP contribution < -0.4 is 5.73 Å². The molecule has 1 rings (SSSR count). The maximum absolute atomic E-state index is 13.0. The Labute approximate surface area is 89.3 Å². The average molecular weight is 209 g/mol. The third kappa shape index (κ3) is 2.63. The molecule has 0 radical (unpaired) electrons. The maximum atomic E-state index is 13.0. The Hall–Kier alpha value is -1.22. The molecule has 0 saturated heterocycles. The molecule has 15 heavy (non-hydrogen) atoms. The van der Waals surface area contributed by atoms with Crippen LogP contribution in [0.15, 0.2) is 18.2 Å². The SMILES string of the molecule is Cc1ccc(F)cc1C(=O)C(N)C(C)C. The number of nitrogens with two attached hydrogens (primary N) is 1. The van der Waals surface area contributed by atoms with Crippen molar-refractivity contribution in [3.05, 3.63) is 35.1 Å². The van der Waals surface area contributed by atoms with E-state index < -0.39 is 11.9 Å². The number of halogens is 1. The van der Waals surface area contributed by atoms with Gasteiger partial charge < -0.3 is 5.73 Å². The summed E-state index contributed by atoms with van der Waals surface area (Å²) in [4.78, 5) is 11.9. The highest BCUT2D eigenvalue weighted by Crippen LogP contribution is 2.14. The second-order valence-electron chi connectivity index (χ2n) is 4.09. The van der Waals surface area contributed by atoms with Crippen molar-refractivity contribution in [2.24, 2.45) is 11.7 Å². The van der Waals surface area contributed by atoms with Gasteiger partial charge in [-0.15, -0.1) is 0 Å². The van der Waals surface area contributed by atoms with E-state index in [-0.39, 0.29) is 11.7 Å². The van der Waals surface area contributed by atoms with E-state index in [2.05, 4.69) is 0 Å². The maximum Gasteiger partial charge on any atom is 0.180 e. The number of hydrogen-bond acceptors (Lipinski definition) is 2. The number of rotatable bonds is 3. The van der Waals surface area contributed by atoms with Gasteiger partial charge in [-0.1, -0.05) is 19.9 Å². The summed E-state index contributed by atoms with van der Waals surface area (Å²) in [6.07, 6.45) is 0. The molecule has 0 aromatic heterocycles. The molecule has 1 aromatic carbocycles. The molecule has 3 heteroatoms. The molecule has 2 nitrogen and oxygen atoms in total. The molecule has 0 aliphatic rings. The normalized spacial score (nSPS) is 12.9. The molecular formula is C12H16FNO. The van der Waals surface area contributed by atoms with E-state index in [9.17, 15) is 9.18 Å². The quantitative estimate of drug-likeness (QED) is 0.776. The summed E-state index contributed by atoms with van der Waals surface area (Å²) in [6, 6.07) is 3.62. The minimum Gasteiger partial charge on any atom is -0.321 e. The Morgan fingerprint density at radius 1 is 1.40 bits per heavy atom. The van der Waals surface area contributed by atoms with Crippen LogP contribution >= 0.6 is 0 Å². The Bertz CT molecular complexity index is 374. The van der Waals surface area contributed by atoms with Gasteiger partial charge in [0.05, 0.1) is 6.04 Å². The fraction of sp³-hybridized carbons (Fsp3) is 0.417. The van der Waals surface area contributed by atoms with Crippen molar-refractivity contribution in [1.82, 2.24) is 0 Å². The van der Waals surface area contributed by atoms with Gasteiger partial charge in [0, 0.05) is 5.56 Å². The third-order valence-corrected chi connectivity index (χ3v) is 2.49. The number of carbonyl (C=O) groups excluding carboxylic acids is 1. The summed E-state index contributed by atoms with van der Waals surface area (Å²) >= 11 is 0. The van der Waals surface area contributed by atoms with Gasteiger partial charge in [-0.25, -0.2) is 4.39 Å². The standard InChI is InChI=1S/C12H16FNO/c1-7(2)11(14)12(15)10-6-9(13)5-4-8(10)3/h4-7,11H,14H2,1-3H3. The zero-order chi connectivity index (χ0) is 11.6. The lowest BCUT2D eigenvalue weighted by atomic mass is 9.93. The zero-order valence-electron chi connectivity index (χ0n) is 9.25. The van der Waals surface area contributed by atoms with Crippen LogP contribution in [0.25, 0.3) is 0 Å². The minimum atomic E-state index is -0.564.